The van der Waals surface area contributed by atoms with Crippen molar-refractivity contribution in [1.29, 1.82) is 0 Å². The van der Waals surface area contributed by atoms with Gasteiger partial charge in [0.15, 0.2) is 0 Å². The lowest BCUT2D eigenvalue weighted by atomic mass is 10.1. The molecular weight excluding hydrogens is 404 g/mol. The highest BCUT2D eigenvalue weighted by Gasteiger charge is 2.09. The summed E-state index contributed by atoms with van der Waals surface area (Å²) in [5.74, 6) is 0.569. The number of nitrogens with one attached hydrogen (secondary N) is 1. The predicted octanol–water partition coefficient (Wildman–Crippen LogP) is 4.28. The van der Waals surface area contributed by atoms with Crippen molar-refractivity contribution < 1.29 is 4.74 Å². The van der Waals surface area contributed by atoms with Crippen molar-refractivity contribution in [3.63, 3.8) is 0 Å². The molecule has 0 unspecified atom stereocenters. The zero-order valence-electron chi connectivity index (χ0n) is 17.6. The number of hydrogen-bond acceptors (Lipinski definition) is 6. The Morgan fingerprint density at radius 3 is 2.38 bits per heavy atom. The van der Waals surface area contributed by atoms with Gasteiger partial charge in [0.25, 0.3) is 5.56 Å². The van der Waals surface area contributed by atoms with Gasteiger partial charge < -0.3 is 9.64 Å². The Kier molecular flexibility index (Phi) is 4.87. The van der Waals surface area contributed by atoms with Crippen LogP contribution < -0.4 is 15.2 Å². The van der Waals surface area contributed by atoms with Gasteiger partial charge in [-0.15, -0.1) is 0 Å². The molecule has 0 saturated heterocycles. The van der Waals surface area contributed by atoms with Gasteiger partial charge in [0.05, 0.1) is 22.8 Å². The smallest absolute Gasteiger partial charge is 0.302 e. The molecule has 3 aromatic heterocycles. The summed E-state index contributed by atoms with van der Waals surface area (Å²) >= 11 is 0. The summed E-state index contributed by atoms with van der Waals surface area (Å²) in [6.45, 7) is 0. The van der Waals surface area contributed by atoms with Crippen molar-refractivity contribution in [2.75, 3.05) is 11.9 Å². The molecule has 5 aromatic rings. The normalized spacial score (nSPS) is 10.9. The Balaban J connectivity index is 1.32. The van der Waals surface area contributed by atoms with Crippen LogP contribution in [0.3, 0.4) is 0 Å². The quantitative estimate of drug-likeness (QED) is 0.453. The van der Waals surface area contributed by atoms with Gasteiger partial charge >= 0.3 is 6.01 Å². The number of aromatic nitrogens is 5. The molecule has 1 N–H and O–H groups in total. The van der Waals surface area contributed by atoms with Crippen molar-refractivity contribution in [2.45, 2.75) is 0 Å². The number of nitrogens with zero attached hydrogens (tertiary/aromatic N) is 5. The Morgan fingerprint density at radius 2 is 1.69 bits per heavy atom. The fourth-order valence-electron chi connectivity index (χ4n) is 3.44. The van der Waals surface area contributed by atoms with Gasteiger partial charge in [0.2, 0.25) is 0 Å². The van der Waals surface area contributed by atoms with E-state index in [4.69, 9.17) is 4.74 Å². The maximum atomic E-state index is 12.2. The topological polar surface area (TPSA) is 88.9 Å². The average molecular weight is 424 g/mol. The minimum absolute atomic E-state index is 0.127. The summed E-state index contributed by atoms with van der Waals surface area (Å²) in [4.78, 5) is 25.2. The molecule has 0 atom stereocenters. The Labute approximate surface area is 183 Å². The van der Waals surface area contributed by atoms with Crippen LogP contribution in [0, 0.1) is 0 Å². The Bertz CT molecular complexity index is 1440. The molecule has 0 radical (unpaired) electrons. The van der Waals surface area contributed by atoms with Gasteiger partial charge in [-0.2, -0.15) is 10.1 Å². The summed E-state index contributed by atoms with van der Waals surface area (Å²) < 4.78 is 7.54. The van der Waals surface area contributed by atoms with E-state index in [-0.39, 0.29) is 11.6 Å². The lowest BCUT2D eigenvalue weighted by Crippen LogP contribution is -2.10. The molecule has 0 saturated carbocycles. The molecular formula is C24H20N6O2. The van der Waals surface area contributed by atoms with Crippen LogP contribution in [-0.4, -0.2) is 31.8 Å². The summed E-state index contributed by atoms with van der Waals surface area (Å²) in [6, 6.07) is 19.5. The second-order valence-electron chi connectivity index (χ2n) is 7.34. The summed E-state index contributed by atoms with van der Waals surface area (Å²) in [6.07, 6.45) is 5.02. The van der Waals surface area contributed by atoms with Gasteiger partial charge in [-0.3, -0.25) is 19.4 Å². The third kappa shape index (κ3) is 3.81. The van der Waals surface area contributed by atoms with E-state index in [1.807, 2.05) is 50.6 Å². The van der Waals surface area contributed by atoms with E-state index in [1.54, 1.807) is 16.9 Å². The number of aromatic amines is 1. The highest BCUT2D eigenvalue weighted by Crippen LogP contribution is 2.28. The molecule has 2 aromatic carbocycles. The third-order valence-corrected chi connectivity index (χ3v) is 5.19. The van der Waals surface area contributed by atoms with E-state index in [1.165, 1.54) is 6.20 Å². The monoisotopic (exact) mass is 424 g/mol. The van der Waals surface area contributed by atoms with Crippen molar-refractivity contribution in [3.05, 3.63) is 89.6 Å². The van der Waals surface area contributed by atoms with E-state index in [0.29, 0.717) is 16.7 Å². The first-order valence-electron chi connectivity index (χ1n) is 10.0. The van der Waals surface area contributed by atoms with Gasteiger partial charge in [0, 0.05) is 43.4 Å². The first-order valence-corrected chi connectivity index (χ1v) is 10.0. The molecule has 8 heteroatoms. The average Bonchev–Trinajstić information content (AvgIpc) is 3.25. The highest BCUT2D eigenvalue weighted by atomic mass is 16.5. The van der Waals surface area contributed by atoms with Gasteiger partial charge in [-0.05, 0) is 48.5 Å². The van der Waals surface area contributed by atoms with E-state index >= 15 is 0 Å². The van der Waals surface area contributed by atoms with E-state index in [2.05, 4.69) is 49.2 Å². The second-order valence-corrected chi connectivity index (χ2v) is 7.34. The molecule has 5 rings (SSSR count). The lowest BCUT2D eigenvalue weighted by Gasteiger charge is -2.20. The number of ether oxygens (including phenoxy) is 1. The van der Waals surface area contributed by atoms with Crippen molar-refractivity contribution in [3.8, 4) is 23.0 Å². The van der Waals surface area contributed by atoms with Crippen LogP contribution >= 0.6 is 0 Å². The van der Waals surface area contributed by atoms with Crippen LogP contribution in [0.2, 0.25) is 0 Å². The van der Waals surface area contributed by atoms with Crippen LogP contribution in [0.1, 0.15) is 0 Å². The second kappa shape index (κ2) is 7.99. The molecule has 0 fully saturated rings. The minimum Gasteiger partial charge on any atom is -0.426 e. The van der Waals surface area contributed by atoms with Gasteiger partial charge in [0.1, 0.15) is 5.75 Å². The molecule has 0 aliphatic heterocycles. The molecule has 8 nitrogen and oxygen atoms in total. The van der Waals surface area contributed by atoms with Crippen molar-refractivity contribution >= 4 is 22.3 Å². The maximum absolute atomic E-state index is 12.2. The van der Waals surface area contributed by atoms with Crippen LogP contribution in [0.15, 0.2) is 84.0 Å². The van der Waals surface area contributed by atoms with Gasteiger partial charge in [-0.25, -0.2) is 0 Å². The number of hydrogen-bond donors (Lipinski definition) is 1. The number of H-pyrrole nitrogens is 1. The van der Waals surface area contributed by atoms with Crippen LogP contribution in [0.4, 0.5) is 11.4 Å². The Hall–Kier alpha value is -4.46. The molecule has 0 amide bonds. The fourth-order valence-corrected chi connectivity index (χ4v) is 3.44. The zero-order valence-corrected chi connectivity index (χ0v) is 17.6. The summed E-state index contributed by atoms with van der Waals surface area (Å²) in [5.41, 5.74) is 4.27. The van der Waals surface area contributed by atoms with E-state index < -0.39 is 0 Å². The summed E-state index contributed by atoms with van der Waals surface area (Å²) in [5, 5.41) is 4.91. The molecule has 32 heavy (non-hydrogen) atoms. The number of benzene rings is 2. The molecule has 0 aliphatic rings. The molecule has 0 spiro atoms. The number of fused-ring (bicyclic) bond motifs is 1. The number of pyridine rings is 1. The SMILES string of the molecule is CN(c1ccc(Oc2nc3cnccc3c(=O)[nH]2)cc1)c1ccc(-c2ccn(C)n2)cc1. The van der Waals surface area contributed by atoms with Crippen molar-refractivity contribution in [1.82, 2.24) is 24.7 Å². The molecule has 158 valence electrons. The highest BCUT2D eigenvalue weighted by molar-refractivity contribution is 5.76. The van der Waals surface area contributed by atoms with Crippen molar-refractivity contribution in [2.24, 2.45) is 7.05 Å². The van der Waals surface area contributed by atoms with E-state index in [9.17, 15) is 4.79 Å². The third-order valence-electron chi connectivity index (χ3n) is 5.19. The maximum Gasteiger partial charge on any atom is 0.302 e. The Morgan fingerprint density at radius 1 is 0.969 bits per heavy atom. The number of rotatable bonds is 5. The molecule has 3 heterocycles. The van der Waals surface area contributed by atoms with Crippen LogP contribution in [-0.2, 0) is 7.05 Å². The largest absolute Gasteiger partial charge is 0.426 e. The predicted molar refractivity (Wildman–Crippen MR) is 123 cm³/mol. The van der Waals surface area contributed by atoms with Crippen LogP contribution in [0.5, 0.6) is 11.8 Å². The minimum atomic E-state index is -0.266. The van der Waals surface area contributed by atoms with Crippen LogP contribution in [0.25, 0.3) is 22.2 Å². The zero-order chi connectivity index (χ0) is 22.1. The lowest BCUT2D eigenvalue weighted by molar-refractivity contribution is 0.443. The summed E-state index contributed by atoms with van der Waals surface area (Å²) in [7, 11) is 3.91. The van der Waals surface area contributed by atoms with E-state index in [0.717, 1.165) is 22.6 Å². The standard InChI is InChI=1S/C24H20N6O2/c1-29-14-12-21(28-29)16-3-5-17(6-4-16)30(2)18-7-9-19(10-8-18)32-24-26-22-15-25-13-11-20(22)23(31)27-24/h3-15H,1-2H3,(H,26,27,31). The van der Waals surface area contributed by atoms with Gasteiger partial charge in [-0.1, -0.05) is 12.1 Å². The fraction of sp³-hybridized carbons (Fsp3) is 0.0833. The first kappa shape index (κ1) is 19.5. The molecule has 0 bridgehead atoms. The molecule has 0 aliphatic carbocycles. The number of aryl methyl sites for hydroxylation is 1. The number of anilines is 2. The first-order chi connectivity index (χ1) is 15.6.